The van der Waals surface area contributed by atoms with Gasteiger partial charge in [0.25, 0.3) is 0 Å². The summed E-state index contributed by atoms with van der Waals surface area (Å²) in [5, 5.41) is 4.32. The van der Waals surface area contributed by atoms with Crippen LogP contribution in [0.4, 0.5) is 0 Å². The Kier molecular flexibility index (Phi) is 5.44. The summed E-state index contributed by atoms with van der Waals surface area (Å²) in [7, 11) is 2.04. The Morgan fingerprint density at radius 2 is 1.52 bits per heavy atom. The molecule has 112 valence electrons. The van der Waals surface area contributed by atoms with Gasteiger partial charge in [0.1, 0.15) is 0 Å². The Bertz CT molecular complexity index is 544. The van der Waals surface area contributed by atoms with Crippen LogP contribution in [-0.2, 0) is 5.41 Å². The Morgan fingerprint density at radius 3 is 2.00 bits per heavy atom. The molecule has 2 aromatic carbocycles. The highest BCUT2D eigenvalue weighted by Gasteiger charge is 2.37. The minimum atomic E-state index is 0.0871. The van der Waals surface area contributed by atoms with E-state index in [0.717, 1.165) is 17.9 Å². The van der Waals surface area contributed by atoms with E-state index in [9.17, 15) is 0 Å². The summed E-state index contributed by atoms with van der Waals surface area (Å²) in [4.78, 5) is 0. The highest BCUT2D eigenvalue weighted by molar-refractivity contribution is 6.30. The fourth-order valence-electron chi connectivity index (χ4n) is 3.42. The van der Waals surface area contributed by atoms with E-state index >= 15 is 0 Å². The molecule has 0 aliphatic carbocycles. The molecule has 0 aromatic heterocycles. The van der Waals surface area contributed by atoms with Crippen molar-refractivity contribution in [1.82, 2.24) is 5.32 Å². The maximum absolute atomic E-state index is 6.04. The van der Waals surface area contributed by atoms with Crippen LogP contribution in [0.1, 0.15) is 43.9 Å². The van der Waals surface area contributed by atoms with Crippen LogP contribution < -0.4 is 5.32 Å². The van der Waals surface area contributed by atoms with Crippen LogP contribution in [0.15, 0.2) is 54.6 Å². The zero-order valence-electron chi connectivity index (χ0n) is 13.1. The summed E-state index contributed by atoms with van der Waals surface area (Å²) in [5.41, 5.74) is 2.77. The van der Waals surface area contributed by atoms with Gasteiger partial charge in [0.05, 0.1) is 0 Å². The molecular formula is C19H24ClN. The average molecular weight is 302 g/mol. The van der Waals surface area contributed by atoms with Gasteiger partial charge in [-0.2, -0.15) is 0 Å². The third kappa shape index (κ3) is 3.14. The zero-order chi connectivity index (χ0) is 15.3. The Labute approximate surface area is 133 Å². The van der Waals surface area contributed by atoms with E-state index < -0.39 is 0 Å². The van der Waals surface area contributed by atoms with Gasteiger partial charge in [-0.1, -0.05) is 67.9 Å². The van der Waals surface area contributed by atoms with E-state index in [4.69, 9.17) is 11.6 Å². The molecule has 0 radical (unpaired) electrons. The highest BCUT2D eigenvalue weighted by Crippen LogP contribution is 2.43. The summed E-state index contributed by atoms with van der Waals surface area (Å²) in [5.74, 6) is 0. The van der Waals surface area contributed by atoms with Crippen molar-refractivity contribution < 1.29 is 0 Å². The van der Waals surface area contributed by atoms with Crippen molar-refractivity contribution in [3.8, 4) is 0 Å². The molecule has 2 rings (SSSR count). The van der Waals surface area contributed by atoms with E-state index in [-0.39, 0.29) is 11.5 Å². The normalized spacial score (nSPS) is 13.1. The molecule has 0 saturated carbocycles. The number of hydrogen-bond acceptors (Lipinski definition) is 1. The summed E-state index contributed by atoms with van der Waals surface area (Å²) in [6, 6.07) is 19.3. The van der Waals surface area contributed by atoms with Gasteiger partial charge in [0.2, 0.25) is 0 Å². The van der Waals surface area contributed by atoms with E-state index in [0.29, 0.717) is 0 Å². The van der Waals surface area contributed by atoms with E-state index in [2.05, 4.69) is 61.6 Å². The number of hydrogen-bond donors (Lipinski definition) is 1. The topological polar surface area (TPSA) is 12.0 Å². The standard InChI is InChI=1S/C19H24ClN/c1-4-19(5-2,16-9-7-6-8-10-16)18(21-3)15-11-13-17(20)14-12-15/h6-14,18,21H,4-5H2,1-3H3. The molecular weight excluding hydrogens is 278 g/mol. The van der Waals surface area contributed by atoms with Crippen molar-refractivity contribution in [3.63, 3.8) is 0 Å². The highest BCUT2D eigenvalue weighted by atomic mass is 35.5. The molecule has 21 heavy (non-hydrogen) atoms. The molecule has 2 aromatic rings. The van der Waals surface area contributed by atoms with Gasteiger partial charge in [0.15, 0.2) is 0 Å². The summed E-state index contributed by atoms with van der Waals surface area (Å²) < 4.78 is 0. The average Bonchev–Trinajstić information content (AvgIpc) is 2.55. The molecule has 0 aliphatic rings. The van der Waals surface area contributed by atoms with Crippen molar-refractivity contribution >= 4 is 11.6 Å². The van der Waals surface area contributed by atoms with Crippen molar-refractivity contribution in [2.75, 3.05) is 7.05 Å². The molecule has 0 aliphatic heterocycles. The number of likely N-dealkylation sites (N-methyl/N-ethyl adjacent to an activating group) is 1. The maximum atomic E-state index is 6.04. The lowest BCUT2D eigenvalue weighted by molar-refractivity contribution is 0.287. The van der Waals surface area contributed by atoms with Gasteiger partial charge in [-0.3, -0.25) is 0 Å². The van der Waals surface area contributed by atoms with Crippen LogP contribution in [0.3, 0.4) is 0 Å². The first-order valence-electron chi connectivity index (χ1n) is 7.66. The van der Waals surface area contributed by atoms with Gasteiger partial charge in [-0.25, -0.2) is 0 Å². The minimum Gasteiger partial charge on any atom is -0.312 e. The van der Waals surface area contributed by atoms with Crippen molar-refractivity contribution in [3.05, 3.63) is 70.7 Å². The Morgan fingerprint density at radius 1 is 0.952 bits per heavy atom. The summed E-state index contributed by atoms with van der Waals surface area (Å²) in [6.45, 7) is 4.55. The summed E-state index contributed by atoms with van der Waals surface area (Å²) >= 11 is 6.04. The van der Waals surface area contributed by atoms with E-state index in [1.54, 1.807) is 0 Å². The van der Waals surface area contributed by atoms with Gasteiger partial charge in [-0.15, -0.1) is 0 Å². The monoisotopic (exact) mass is 301 g/mol. The van der Waals surface area contributed by atoms with Gasteiger partial charge >= 0.3 is 0 Å². The lowest BCUT2D eigenvalue weighted by Gasteiger charge is -2.40. The smallest absolute Gasteiger partial charge is 0.0415 e. The SMILES string of the molecule is CCC(CC)(c1ccccc1)C(NC)c1ccc(Cl)cc1. The third-order valence-electron chi connectivity index (χ3n) is 4.66. The first-order valence-corrected chi connectivity index (χ1v) is 8.04. The second kappa shape index (κ2) is 7.11. The van der Waals surface area contributed by atoms with Crippen molar-refractivity contribution in [2.24, 2.45) is 0 Å². The number of nitrogens with one attached hydrogen (secondary N) is 1. The number of halogens is 1. The molecule has 0 bridgehead atoms. The first-order chi connectivity index (χ1) is 10.2. The predicted molar refractivity (Wildman–Crippen MR) is 92.0 cm³/mol. The molecule has 0 saturated heterocycles. The van der Waals surface area contributed by atoms with Gasteiger partial charge in [-0.05, 0) is 43.1 Å². The van der Waals surface area contributed by atoms with E-state index in [1.165, 1.54) is 11.1 Å². The van der Waals surface area contributed by atoms with Crippen LogP contribution in [-0.4, -0.2) is 7.05 Å². The van der Waals surface area contributed by atoms with Crippen molar-refractivity contribution in [1.29, 1.82) is 0 Å². The fraction of sp³-hybridized carbons (Fsp3) is 0.368. The largest absolute Gasteiger partial charge is 0.312 e. The van der Waals surface area contributed by atoms with Crippen LogP contribution >= 0.6 is 11.6 Å². The zero-order valence-corrected chi connectivity index (χ0v) is 13.8. The number of rotatable bonds is 6. The van der Waals surface area contributed by atoms with Crippen LogP contribution in [0.5, 0.6) is 0 Å². The molecule has 0 spiro atoms. The predicted octanol–water partition coefficient (Wildman–Crippen LogP) is 5.36. The molecule has 0 heterocycles. The first kappa shape index (κ1) is 16.1. The Balaban J connectivity index is 2.51. The second-order valence-corrected chi connectivity index (χ2v) is 5.94. The molecule has 1 unspecified atom stereocenters. The summed E-state index contributed by atoms with van der Waals surface area (Å²) in [6.07, 6.45) is 2.17. The molecule has 2 heteroatoms. The molecule has 1 nitrogen and oxygen atoms in total. The third-order valence-corrected chi connectivity index (χ3v) is 4.91. The van der Waals surface area contributed by atoms with Crippen LogP contribution in [0.25, 0.3) is 0 Å². The van der Waals surface area contributed by atoms with Gasteiger partial charge in [0, 0.05) is 16.5 Å². The second-order valence-electron chi connectivity index (χ2n) is 5.50. The molecule has 1 atom stereocenters. The Hall–Kier alpha value is -1.31. The lowest BCUT2D eigenvalue weighted by atomic mass is 9.68. The van der Waals surface area contributed by atoms with E-state index in [1.807, 2.05) is 19.2 Å². The molecule has 0 amide bonds. The lowest BCUT2D eigenvalue weighted by Crippen LogP contribution is -2.39. The van der Waals surface area contributed by atoms with Crippen LogP contribution in [0, 0.1) is 0 Å². The number of benzene rings is 2. The quantitative estimate of drug-likeness (QED) is 0.757. The minimum absolute atomic E-state index is 0.0871. The fourth-order valence-corrected chi connectivity index (χ4v) is 3.55. The van der Waals surface area contributed by atoms with Gasteiger partial charge < -0.3 is 5.32 Å². The molecule has 0 fully saturated rings. The maximum Gasteiger partial charge on any atom is 0.0415 e. The van der Waals surface area contributed by atoms with Crippen LogP contribution in [0.2, 0.25) is 5.02 Å². The molecule has 1 N–H and O–H groups in total. The van der Waals surface area contributed by atoms with Crippen molar-refractivity contribution in [2.45, 2.75) is 38.1 Å².